The first-order valence-corrected chi connectivity index (χ1v) is 11.1. The first-order valence-electron chi connectivity index (χ1n) is 10.7. The van der Waals surface area contributed by atoms with E-state index in [4.69, 9.17) is 16.0 Å². The number of hydrogen-bond donors (Lipinski definition) is 1. The van der Waals surface area contributed by atoms with E-state index in [0.29, 0.717) is 36.1 Å². The fourth-order valence-corrected chi connectivity index (χ4v) is 3.41. The van der Waals surface area contributed by atoms with Gasteiger partial charge in [-0.05, 0) is 55.0 Å². The number of hydrogen-bond acceptors (Lipinski definition) is 3. The summed E-state index contributed by atoms with van der Waals surface area (Å²) in [7, 11) is 1.94. The van der Waals surface area contributed by atoms with Crippen molar-refractivity contribution in [3.05, 3.63) is 77.5 Å². The van der Waals surface area contributed by atoms with E-state index in [0.717, 1.165) is 18.5 Å². The zero-order valence-electron chi connectivity index (χ0n) is 18.5. The van der Waals surface area contributed by atoms with Gasteiger partial charge in [0.1, 0.15) is 12.3 Å². The Morgan fingerprint density at radius 2 is 1.84 bits per heavy atom. The van der Waals surface area contributed by atoms with E-state index in [1.807, 2.05) is 36.0 Å². The van der Waals surface area contributed by atoms with Gasteiger partial charge in [-0.2, -0.15) is 0 Å². The summed E-state index contributed by atoms with van der Waals surface area (Å²) in [6.07, 6.45) is 5.25. The number of rotatable bonds is 10. The highest BCUT2D eigenvalue weighted by atomic mass is 35.5. The van der Waals surface area contributed by atoms with Crippen LogP contribution in [-0.4, -0.2) is 39.4 Å². The van der Waals surface area contributed by atoms with Crippen LogP contribution in [0.4, 0.5) is 10.5 Å². The number of benzene rings is 1. The van der Waals surface area contributed by atoms with Gasteiger partial charge in [-0.25, -0.2) is 4.79 Å². The van der Waals surface area contributed by atoms with Gasteiger partial charge in [-0.3, -0.25) is 4.79 Å². The highest BCUT2D eigenvalue weighted by molar-refractivity contribution is 6.30. The molecule has 0 bridgehead atoms. The Morgan fingerprint density at radius 3 is 2.47 bits per heavy atom. The number of urea groups is 1. The van der Waals surface area contributed by atoms with Gasteiger partial charge < -0.3 is 24.1 Å². The Bertz CT molecular complexity index is 999. The van der Waals surface area contributed by atoms with Gasteiger partial charge in [0.05, 0.1) is 19.4 Å². The number of aryl methyl sites for hydroxylation is 1. The third-order valence-corrected chi connectivity index (χ3v) is 5.43. The monoisotopic (exact) mass is 456 g/mol. The van der Waals surface area contributed by atoms with Crippen LogP contribution in [0.1, 0.15) is 31.2 Å². The van der Waals surface area contributed by atoms with Crippen molar-refractivity contribution in [2.45, 2.75) is 32.9 Å². The van der Waals surface area contributed by atoms with Gasteiger partial charge in [-0.15, -0.1) is 0 Å². The molecule has 170 valence electrons. The molecule has 7 nitrogen and oxygen atoms in total. The van der Waals surface area contributed by atoms with Crippen molar-refractivity contribution in [1.29, 1.82) is 0 Å². The van der Waals surface area contributed by atoms with Gasteiger partial charge in [0, 0.05) is 36.2 Å². The molecule has 0 saturated heterocycles. The lowest BCUT2D eigenvalue weighted by Gasteiger charge is -2.27. The zero-order chi connectivity index (χ0) is 22.9. The molecule has 0 fully saturated rings. The molecule has 0 saturated carbocycles. The van der Waals surface area contributed by atoms with Crippen LogP contribution >= 0.6 is 11.6 Å². The molecule has 0 unspecified atom stereocenters. The minimum absolute atomic E-state index is 0.0233. The summed E-state index contributed by atoms with van der Waals surface area (Å²) in [5, 5.41) is 3.45. The number of furan rings is 1. The predicted octanol–water partition coefficient (Wildman–Crippen LogP) is 5.13. The number of aromatic nitrogens is 1. The van der Waals surface area contributed by atoms with Crippen LogP contribution in [0.3, 0.4) is 0 Å². The Labute approximate surface area is 193 Å². The molecule has 0 radical (unpaired) electrons. The first kappa shape index (κ1) is 23.5. The van der Waals surface area contributed by atoms with E-state index < -0.39 is 0 Å². The number of halogens is 1. The minimum Gasteiger partial charge on any atom is -0.467 e. The van der Waals surface area contributed by atoms with Crippen LogP contribution in [0.15, 0.2) is 65.4 Å². The van der Waals surface area contributed by atoms with Gasteiger partial charge >= 0.3 is 6.03 Å². The number of nitrogens with zero attached hydrogens (tertiary/aromatic N) is 3. The van der Waals surface area contributed by atoms with Crippen molar-refractivity contribution in [2.24, 2.45) is 7.05 Å². The third-order valence-electron chi connectivity index (χ3n) is 5.17. The summed E-state index contributed by atoms with van der Waals surface area (Å²) in [4.78, 5) is 29.5. The van der Waals surface area contributed by atoms with E-state index >= 15 is 0 Å². The molecule has 8 heteroatoms. The molecule has 0 atom stereocenters. The third kappa shape index (κ3) is 6.65. The summed E-state index contributed by atoms with van der Waals surface area (Å²) in [6, 6.07) is 14.1. The number of nitrogens with one attached hydrogen (secondary N) is 1. The molecule has 1 aromatic carbocycles. The normalized spacial score (nSPS) is 10.7. The number of unbranched alkanes of at least 4 members (excludes halogenated alkanes) is 1. The van der Waals surface area contributed by atoms with E-state index in [1.165, 1.54) is 0 Å². The molecule has 0 aliphatic carbocycles. The quantitative estimate of drug-likeness (QED) is 0.459. The van der Waals surface area contributed by atoms with Crippen LogP contribution in [0, 0.1) is 0 Å². The molecule has 0 aliphatic heterocycles. The number of anilines is 1. The van der Waals surface area contributed by atoms with Crippen LogP contribution in [-0.2, 0) is 24.9 Å². The fourth-order valence-electron chi connectivity index (χ4n) is 3.28. The van der Waals surface area contributed by atoms with Crippen molar-refractivity contribution >= 4 is 29.2 Å². The van der Waals surface area contributed by atoms with Crippen LogP contribution < -0.4 is 5.32 Å². The molecule has 3 aromatic rings. The Morgan fingerprint density at radius 1 is 1.06 bits per heavy atom. The van der Waals surface area contributed by atoms with Crippen LogP contribution in [0.25, 0.3) is 0 Å². The van der Waals surface area contributed by atoms with Crippen LogP contribution in [0.5, 0.6) is 0 Å². The van der Waals surface area contributed by atoms with Gasteiger partial charge in [0.15, 0.2) is 0 Å². The molecule has 3 rings (SSSR count). The van der Waals surface area contributed by atoms with Gasteiger partial charge in [-0.1, -0.05) is 24.9 Å². The molecule has 2 heterocycles. The molecular formula is C24H29ClN4O3. The van der Waals surface area contributed by atoms with Crippen molar-refractivity contribution in [1.82, 2.24) is 14.4 Å². The largest absolute Gasteiger partial charge is 0.467 e. The fraction of sp³-hybridized carbons (Fsp3) is 0.333. The van der Waals surface area contributed by atoms with Crippen molar-refractivity contribution in [3.8, 4) is 0 Å². The average molecular weight is 457 g/mol. The summed E-state index contributed by atoms with van der Waals surface area (Å²) in [5.74, 6) is 0.545. The molecule has 3 amide bonds. The second kappa shape index (κ2) is 11.4. The van der Waals surface area contributed by atoms with Crippen molar-refractivity contribution in [3.63, 3.8) is 0 Å². The molecule has 32 heavy (non-hydrogen) atoms. The topological polar surface area (TPSA) is 70.7 Å². The maximum absolute atomic E-state index is 13.3. The van der Waals surface area contributed by atoms with Gasteiger partial charge in [0.2, 0.25) is 5.91 Å². The van der Waals surface area contributed by atoms with Crippen molar-refractivity contribution < 1.29 is 14.0 Å². The number of carbonyl (C=O) groups excluding carboxylic acids is 2. The number of amides is 3. The molecule has 1 N–H and O–H groups in total. The van der Waals surface area contributed by atoms with Crippen LogP contribution in [0.2, 0.25) is 5.02 Å². The standard InChI is InChI=1S/C24H29ClN4O3/c1-3-4-14-28(24(31)26-20-11-9-19(25)10-12-20)18-23(30)29(17-22-8-6-15-32-22)16-21-7-5-13-27(21)2/h5-13,15H,3-4,14,16-18H2,1-2H3,(H,26,31). The lowest BCUT2D eigenvalue weighted by atomic mass is 10.3. The summed E-state index contributed by atoms with van der Waals surface area (Å²) in [6.45, 7) is 3.27. The Balaban J connectivity index is 1.73. The SMILES string of the molecule is CCCCN(CC(=O)N(Cc1ccco1)Cc1cccn1C)C(=O)Nc1ccc(Cl)cc1. The first-order chi connectivity index (χ1) is 15.5. The minimum atomic E-state index is -0.314. The lowest BCUT2D eigenvalue weighted by Crippen LogP contribution is -2.44. The molecule has 0 aliphatic rings. The maximum atomic E-state index is 13.3. The molecule has 2 aromatic heterocycles. The Hall–Kier alpha value is -3.19. The average Bonchev–Trinajstić information content (AvgIpc) is 3.44. The molecular weight excluding hydrogens is 428 g/mol. The second-order valence-electron chi connectivity index (χ2n) is 7.65. The Kier molecular flexibility index (Phi) is 8.39. The van der Waals surface area contributed by atoms with E-state index in [-0.39, 0.29) is 18.5 Å². The predicted molar refractivity (Wildman–Crippen MR) is 125 cm³/mol. The van der Waals surface area contributed by atoms with E-state index in [2.05, 4.69) is 12.2 Å². The smallest absolute Gasteiger partial charge is 0.322 e. The highest BCUT2D eigenvalue weighted by Gasteiger charge is 2.23. The highest BCUT2D eigenvalue weighted by Crippen LogP contribution is 2.15. The molecule has 0 spiro atoms. The lowest BCUT2D eigenvalue weighted by molar-refractivity contribution is -0.133. The second-order valence-corrected chi connectivity index (χ2v) is 8.09. The summed E-state index contributed by atoms with van der Waals surface area (Å²) in [5.41, 5.74) is 1.63. The van der Waals surface area contributed by atoms with E-state index in [1.54, 1.807) is 46.4 Å². The maximum Gasteiger partial charge on any atom is 0.322 e. The van der Waals surface area contributed by atoms with Gasteiger partial charge in [0.25, 0.3) is 0 Å². The van der Waals surface area contributed by atoms with Crippen molar-refractivity contribution in [2.75, 3.05) is 18.4 Å². The summed E-state index contributed by atoms with van der Waals surface area (Å²) >= 11 is 5.93. The van der Waals surface area contributed by atoms with E-state index in [9.17, 15) is 9.59 Å². The summed E-state index contributed by atoms with van der Waals surface area (Å²) < 4.78 is 7.44. The number of carbonyl (C=O) groups is 2. The zero-order valence-corrected chi connectivity index (χ0v) is 19.2.